The Morgan fingerprint density at radius 3 is 2.92 bits per heavy atom. The van der Waals surface area contributed by atoms with Gasteiger partial charge < -0.3 is 9.67 Å². The Bertz CT molecular complexity index is 431. The summed E-state index contributed by atoms with van der Waals surface area (Å²) < 4.78 is 1.82. The van der Waals surface area contributed by atoms with Crippen molar-refractivity contribution in [2.45, 2.75) is 6.92 Å². The van der Waals surface area contributed by atoms with Crippen molar-refractivity contribution < 1.29 is 5.11 Å². The van der Waals surface area contributed by atoms with E-state index in [4.69, 9.17) is 0 Å². The Hall–Kier alpha value is -1.51. The quantitative estimate of drug-likeness (QED) is 0.638. The summed E-state index contributed by atoms with van der Waals surface area (Å²) in [6.07, 6.45) is 1.66. The molecule has 12 heavy (non-hydrogen) atoms. The largest absolute Gasteiger partial charge is 0.506 e. The lowest BCUT2D eigenvalue weighted by Crippen LogP contribution is -1.88. The minimum atomic E-state index is 0.292. The molecule has 3 heteroatoms. The number of aryl methyl sites for hydroxylation is 2. The van der Waals surface area contributed by atoms with Crippen LogP contribution in [0.4, 0.5) is 0 Å². The minimum Gasteiger partial charge on any atom is -0.506 e. The second-order valence-electron chi connectivity index (χ2n) is 2.95. The Balaban J connectivity index is 2.90. The number of fused-ring (bicyclic) bond motifs is 1. The van der Waals surface area contributed by atoms with E-state index < -0.39 is 0 Å². The molecule has 2 aromatic heterocycles. The first-order valence-corrected chi connectivity index (χ1v) is 3.80. The third-order valence-electron chi connectivity index (χ3n) is 1.94. The summed E-state index contributed by atoms with van der Waals surface area (Å²) in [5.41, 5.74) is 1.79. The SMILES string of the molecule is Cc1ccc2c(O)cn(C)c2n1. The summed E-state index contributed by atoms with van der Waals surface area (Å²) in [5, 5.41) is 10.2. The van der Waals surface area contributed by atoms with E-state index in [-0.39, 0.29) is 0 Å². The molecule has 0 aromatic carbocycles. The first kappa shape index (κ1) is 7.16. The number of pyridine rings is 1. The van der Waals surface area contributed by atoms with Crippen molar-refractivity contribution in [3.8, 4) is 5.75 Å². The van der Waals surface area contributed by atoms with Crippen molar-refractivity contribution in [3.05, 3.63) is 24.0 Å². The molecule has 0 aliphatic rings. The van der Waals surface area contributed by atoms with E-state index in [1.165, 1.54) is 0 Å². The monoisotopic (exact) mass is 162 g/mol. The van der Waals surface area contributed by atoms with Gasteiger partial charge >= 0.3 is 0 Å². The van der Waals surface area contributed by atoms with Crippen LogP contribution in [0, 0.1) is 6.92 Å². The summed E-state index contributed by atoms with van der Waals surface area (Å²) in [5.74, 6) is 0.292. The maximum atomic E-state index is 9.42. The van der Waals surface area contributed by atoms with E-state index in [1.807, 2.05) is 30.7 Å². The lowest BCUT2D eigenvalue weighted by Gasteiger charge is -1.95. The first-order valence-electron chi connectivity index (χ1n) is 3.80. The molecule has 0 radical (unpaired) electrons. The van der Waals surface area contributed by atoms with Crippen LogP contribution in [0.5, 0.6) is 5.75 Å². The fraction of sp³-hybridized carbons (Fsp3) is 0.222. The molecule has 0 amide bonds. The predicted molar refractivity (Wildman–Crippen MR) is 47.1 cm³/mol. The van der Waals surface area contributed by atoms with Gasteiger partial charge in [-0.3, -0.25) is 0 Å². The summed E-state index contributed by atoms with van der Waals surface area (Å²) in [7, 11) is 1.87. The van der Waals surface area contributed by atoms with Gasteiger partial charge in [-0.05, 0) is 19.1 Å². The standard InChI is InChI=1S/C9H10N2O/c1-6-3-4-7-8(12)5-11(2)9(7)10-6/h3-5,12H,1-2H3. The van der Waals surface area contributed by atoms with Gasteiger partial charge in [0.2, 0.25) is 0 Å². The number of hydrogen-bond donors (Lipinski definition) is 1. The predicted octanol–water partition coefficient (Wildman–Crippen LogP) is 1.59. The normalized spacial score (nSPS) is 10.8. The topological polar surface area (TPSA) is 38.0 Å². The van der Waals surface area contributed by atoms with Crippen LogP contribution in [0.2, 0.25) is 0 Å². The van der Waals surface area contributed by atoms with Gasteiger partial charge in [0.05, 0.1) is 5.39 Å². The average molecular weight is 162 g/mol. The molecule has 2 aromatic rings. The van der Waals surface area contributed by atoms with Gasteiger partial charge in [0, 0.05) is 18.9 Å². The van der Waals surface area contributed by atoms with Crippen LogP contribution >= 0.6 is 0 Å². The molecule has 3 nitrogen and oxygen atoms in total. The van der Waals surface area contributed by atoms with E-state index in [9.17, 15) is 5.11 Å². The maximum Gasteiger partial charge on any atom is 0.143 e. The highest BCUT2D eigenvalue weighted by atomic mass is 16.3. The number of nitrogens with zero attached hydrogens (tertiary/aromatic N) is 2. The van der Waals surface area contributed by atoms with Crippen molar-refractivity contribution in [1.82, 2.24) is 9.55 Å². The van der Waals surface area contributed by atoms with Gasteiger partial charge in [0.1, 0.15) is 11.4 Å². The third kappa shape index (κ3) is 0.863. The lowest BCUT2D eigenvalue weighted by molar-refractivity contribution is 0.479. The molecule has 0 saturated carbocycles. The zero-order valence-electron chi connectivity index (χ0n) is 7.07. The van der Waals surface area contributed by atoms with E-state index in [2.05, 4.69) is 4.98 Å². The molecule has 2 heterocycles. The van der Waals surface area contributed by atoms with Crippen molar-refractivity contribution in [1.29, 1.82) is 0 Å². The zero-order chi connectivity index (χ0) is 8.72. The van der Waals surface area contributed by atoms with E-state index >= 15 is 0 Å². The first-order chi connectivity index (χ1) is 5.68. The number of aromatic hydroxyl groups is 1. The van der Waals surface area contributed by atoms with Gasteiger partial charge in [0.15, 0.2) is 0 Å². The van der Waals surface area contributed by atoms with E-state index in [1.54, 1.807) is 6.20 Å². The smallest absolute Gasteiger partial charge is 0.143 e. The number of rotatable bonds is 0. The van der Waals surface area contributed by atoms with Crippen molar-refractivity contribution >= 4 is 11.0 Å². The molecule has 0 bridgehead atoms. The van der Waals surface area contributed by atoms with Crippen LogP contribution in [0.3, 0.4) is 0 Å². The molecule has 0 fully saturated rings. The van der Waals surface area contributed by atoms with E-state index in [0.29, 0.717) is 5.75 Å². The molecular formula is C9H10N2O. The van der Waals surface area contributed by atoms with Crippen LogP contribution in [0.25, 0.3) is 11.0 Å². The number of aromatic nitrogens is 2. The zero-order valence-corrected chi connectivity index (χ0v) is 7.07. The second-order valence-corrected chi connectivity index (χ2v) is 2.95. The van der Waals surface area contributed by atoms with Crippen LogP contribution in [0.1, 0.15) is 5.69 Å². The van der Waals surface area contributed by atoms with Crippen molar-refractivity contribution in [3.63, 3.8) is 0 Å². The maximum absolute atomic E-state index is 9.42. The Labute approximate surface area is 70.3 Å². The molecule has 2 rings (SSSR count). The fourth-order valence-corrected chi connectivity index (χ4v) is 1.33. The summed E-state index contributed by atoms with van der Waals surface area (Å²) in [6, 6.07) is 3.77. The molecule has 62 valence electrons. The molecule has 0 aliphatic carbocycles. The number of hydrogen-bond acceptors (Lipinski definition) is 2. The van der Waals surface area contributed by atoms with Crippen LogP contribution < -0.4 is 0 Å². The molecule has 0 unspecified atom stereocenters. The Morgan fingerprint density at radius 1 is 1.42 bits per heavy atom. The van der Waals surface area contributed by atoms with Gasteiger partial charge in [-0.25, -0.2) is 4.98 Å². The highest BCUT2D eigenvalue weighted by molar-refractivity contribution is 5.83. The summed E-state index contributed by atoms with van der Waals surface area (Å²) >= 11 is 0. The van der Waals surface area contributed by atoms with Crippen molar-refractivity contribution in [2.24, 2.45) is 7.05 Å². The molecule has 1 N–H and O–H groups in total. The highest BCUT2D eigenvalue weighted by Gasteiger charge is 2.05. The van der Waals surface area contributed by atoms with Gasteiger partial charge in [-0.15, -0.1) is 0 Å². The third-order valence-corrected chi connectivity index (χ3v) is 1.94. The highest BCUT2D eigenvalue weighted by Crippen LogP contribution is 2.24. The molecule has 0 atom stereocenters. The molecule has 0 spiro atoms. The van der Waals surface area contributed by atoms with Gasteiger partial charge in [-0.2, -0.15) is 0 Å². The Kier molecular flexibility index (Phi) is 1.33. The van der Waals surface area contributed by atoms with Gasteiger partial charge in [0.25, 0.3) is 0 Å². The van der Waals surface area contributed by atoms with Crippen LogP contribution in [-0.4, -0.2) is 14.7 Å². The van der Waals surface area contributed by atoms with E-state index in [0.717, 1.165) is 16.7 Å². The van der Waals surface area contributed by atoms with Crippen LogP contribution in [-0.2, 0) is 7.05 Å². The fourth-order valence-electron chi connectivity index (χ4n) is 1.33. The molecule has 0 aliphatic heterocycles. The molecule has 0 saturated heterocycles. The summed E-state index contributed by atoms with van der Waals surface area (Å²) in [6.45, 7) is 1.93. The summed E-state index contributed by atoms with van der Waals surface area (Å²) in [4.78, 5) is 4.30. The second kappa shape index (κ2) is 2.24. The lowest BCUT2D eigenvalue weighted by atomic mass is 10.3. The van der Waals surface area contributed by atoms with Gasteiger partial charge in [-0.1, -0.05) is 0 Å². The Morgan fingerprint density at radius 2 is 2.17 bits per heavy atom. The van der Waals surface area contributed by atoms with Crippen molar-refractivity contribution in [2.75, 3.05) is 0 Å². The molecular weight excluding hydrogens is 152 g/mol. The van der Waals surface area contributed by atoms with Crippen LogP contribution in [0.15, 0.2) is 18.3 Å². The minimum absolute atomic E-state index is 0.292. The average Bonchev–Trinajstić information content (AvgIpc) is 2.28.